The van der Waals surface area contributed by atoms with Crippen LogP contribution in [0.2, 0.25) is 0 Å². The van der Waals surface area contributed by atoms with Crippen LogP contribution >= 0.6 is 0 Å². The second-order valence-electron chi connectivity index (χ2n) is 9.35. The first kappa shape index (κ1) is 22.8. The quantitative estimate of drug-likeness (QED) is 0.498. The molecule has 174 valence electrons. The minimum absolute atomic E-state index is 0.0541. The van der Waals surface area contributed by atoms with E-state index in [2.05, 4.69) is 24.3 Å². The van der Waals surface area contributed by atoms with E-state index in [1.165, 1.54) is 4.90 Å². The summed E-state index contributed by atoms with van der Waals surface area (Å²) < 4.78 is 16.0. The van der Waals surface area contributed by atoms with Crippen molar-refractivity contribution in [1.82, 2.24) is 4.90 Å². The summed E-state index contributed by atoms with van der Waals surface area (Å²) in [5.41, 5.74) is 3.89. The number of benzene rings is 2. The molecule has 1 heterocycles. The van der Waals surface area contributed by atoms with E-state index in [1.807, 2.05) is 24.3 Å². The molecule has 0 spiro atoms. The molecule has 1 fully saturated rings. The summed E-state index contributed by atoms with van der Waals surface area (Å²) in [5.74, 6) is -1.30. The second kappa shape index (κ2) is 9.25. The van der Waals surface area contributed by atoms with Crippen molar-refractivity contribution in [2.75, 3.05) is 19.8 Å². The van der Waals surface area contributed by atoms with Gasteiger partial charge in [0.05, 0.1) is 0 Å². The Hall–Kier alpha value is -3.35. The number of fused-ring (bicyclic) bond motifs is 3. The molecule has 1 aliphatic carbocycles. The van der Waals surface area contributed by atoms with Gasteiger partial charge < -0.3 is 14.2 Å². The Labute approximate surface area is 193 Å². The highest BCUT2D eigenvalue weighted by atomic mass is 16.6. The van der Waals surface area contributed by atoms with Crippen LogP contribution in [0.4, 0.5) is 4.79 Å². The van der Waals surface area contributed by atoms with Crippen LogP contribution in [0.15, 0.2) is 48.5 Å². The Balaban J connectivity index is 1.37. The minimum Gasteiger partial charge on any atom is -0.457 e. The fourth-order valence-corrected chi connectivity index (χ4v) is 4.50. The number of nitrogens with zero attached hydrogens (tertiary/aromatic N) is 1. The molecule has 1 saturated heterocycles. The summed E-state index contributed by atoms with van der Waals surface area (Å²) in [6.45, 7) is 5.32. The average Bonchev–Trinajstić information content (AvgIpc) is 3.38. The summed E-state index contributed by atoms with van der Waals surface area (Å²) in [6, 6.07) is 15.5. The van der Waals surface area contributed by atoms with Crippen molar-refractivity contribution in [1.29, 1.82) is 0 Å². The minimum atomic E-state index is -0.761. The molecule has 4 rings (SSSR count). The van der Waals surface area contributed by atoms with Gasteiger partial charge in [0.25, 0.3) is 0 Å². The maximum Gasteiger partial charge on any atom is 0.410 e. The number of carbonyl (C=O) groups is 3. The molecule has 7 heteroatoms. The smallest absolute Gasteiger partial charge is 0.410 e. The van der Waals surface area contributed by atoms with E-state index in [0.717, 1.165) is 22.3 Å². The van der Waals surface area contributed by atoms with Gasteiger partial charge >= 0.3 is 18.0 Å². The highest BCUT2D eigenvalue weighted by Crippen LogP contribution is 2.44. The molecule has 1 aliphatic heterocycles. The SMILES string of the molecule is CC(C)(C)OC(=O)COC(=O)[C@@H]1CCCN1C(=O)OCC1c2ccccc2-c2ccccc21. The largest absolute Gasteiger partial charge is 0.457 e. The predicted molar refractivity (Wildman–Crippen MR) is 122 cm³/mol. The third-order valence-corrected chi connectivity index (χ3v) is 5.85. The fourth-order valence-electron chi connectivity index (χ4n) is 4.50. The molecule has 0 aromatic heterocycles. The molecule has 0 N–H and O–H groups in total. The van der Waals surface area contributed by atoms with E-state index in [1.54, 1.807) is 20.8 Å². The van der Waals surface area contributed by atoms with Crippen LogP contribution in [0.1, 0.15) is 50.7 Å². The molecular weight excluding hydrogens is 422 g/mol. The summed E-state index contributed by atoms with van der Waals surface area (Å²) >= 11 is 0. The van der Waals surface area contributed by atoms with Crippen LogP contribution in [0.3, 0.4) is 0 Å². The topological polar surface area (TPSA) is 82.1 Å². The lowest BCUT2D eigenvalue weighted by atomic mass is 9.98. The molecule has 2 aromatic rings. The average molecular weight is 452 g/mol. The monoisotopic (exact) mass is 451 g/mol. The molecule has 1 amide bonds. The molecule has 2 aromatic carbocycles. The number of rotatable bonds is 5. The van der Waals surface area contributed by atoms with Crippen LogP contribution in [0.5, 0.6) is 0 Å². The molecule has 7 nitrogen and oxygen atoms in total. The zero-order valence-corrected chi connectivity index (χ0v) is 19.2. The van der Waals surface area contributed by atoms with Crippen LogP contribution in [-0.4, -0.2) is 54.3 Å². The van der Waals surface area contributed by atoms with Crippen molar-refractivity contribution >= 4 is 18.0 Å². The number of ether oxygens (including phenoxy) is 3. The van der Waals surface area contributed by atoms with Crippen LogP contribution in [0, 0.1) is 0 Å². The maximum absolute atomic E-state index is 12.9. The molecule has 2 aliphatic rings. The van der Waals surface area contributed by atoms with Crippen molar-refractivity contribution < 1.29 is 28.6 Å². The lowest BCUT2D eigenvalue weighted by molar-refractivity contribution is -0.168. The Morgan fingerprint density at radius 3 is 2.15 bits per heavy atom. The van der Waals surface area contributed by atoms with Crippen LogP contribution < -0.4 is 0 Å². The van der Waals surface area contributed by atoms with E-state index in [4.69, 9.17) is 14.2 Å². The molecule has 0 unspecified atom stereocenters. The number of amides is 1. The van der Waals surface area contributed by atoms with Gasteiger partial charge in [-0.3, -0.25) is 4.90 Å². The zero-order chi connectivity index (χ0) is 23.6. The van der Waals surface area contributed by atoms with Crippen LogP contribution in [-0.2, 0) is 23.8 Å². The van der Waals surface area contributed by atoms with Gasteiger partial charge in [-0.2, -0.15) is 0 Å². The summed E-state index contributed by atoms with van der Waals surface area (Å²) in [6.07, 6.45) is 0.585. The van der Waals surface area contributed by atoms with Gasteiger partial charge in [-0.05, 0) is 55.9 Å². The lowest BCUT2D eigenvalue weighted by Crippen LogP contribution is -2.42. The van der Waals surface area contributed by atoms with E-state index < -0.39 is 36.3 Å². The Morgan fingerprint density at radius 1 is 0.939 bits per heavy atom. The normalized spacial score (nSPS) is 17.3. The van der Waals surface area contributed by atoms with Gasteiger partial charge in [-0.15, -0.1) is 0 Å². The van der Waals surface area contributed by atoms with E-state index >= 15 is 0 Å². The molecule has 0 bridgehead atoms. The zero-order valence-electron chi connectivity index (χ0n) is 19.2. The van der Waals surface area contributed by atoms with E-state index in [0.29, 0.717) is 19.4 Å². The van der Waals surface area contributed by atoms with Gasteiger partial charge in [0.2, 0.25) is 0 Å². The van der Waals surface area contributed by atoms with Gasteiger partial charge in [0.1, 0.15) is 18.2 Å². The molecule has 0 radical (unpaired) electrons. The predicted octanol–water partition coefficient (Wildman–Crippen LogP) is 4.28. The maximum atomic E-state index is 12.9. The van der Waals surface area contributed by atoms with Crippen molar-refractivity contribution in [3.8, 4) is 11.1 Å². The van der Waals surface area contributed by atoms with Crippen molar-refractivity contribution in [3.63, 3.8) is 0 Å². The molecular formula is C26H29NO6. The standard InChI is InChI=1S/C26H29NO6/c1-26(2,3)33-23(28)16-31-24(29)22-13-8-14-27(22)25(30)32-15-21-19-11-6-4-9-17(19)18-10-5-7-12-20(18)21/h4-7,9-12,21-22H,8,13-16H2,1-3H3/t22-/m0/s1. The van der Waals surface area contributed by atoms with Gasteiger partial charge in [-0.25, -0.2) is 14.4 Å². The summed E-state index contributed by atoms with van der Waals surface area (Å²) in [5, 5.41) is 0. The first-order chi connectivity index (χ1) is 15.7. The lowest BCUT2D eigenvalue weighted by Gasteiger charge is -2.24. The number of likely N-dealkylation sites (tertiary alicyclic amines) is 1. The van der Waals surface area contributed by atoms with Crippen molar-refractivity contribution in [2.24, 2.45) is 0 Å². The number of hydrogen-bond acceptors (Lipinski definition) is 6. The van der Waals surface area contributed by atoms with E-state index in [9.17, 15) is 14.4 Å². The Bertz CT molecular complexity index is 1010. The highest BCUT2D eigenvalue weighted by Gasteiger charge is 2.38. The fraction of sp³-hybridized carbons (Fsp3) is 0.423. The first-order valence-corrected chi connectivity index (χ1v) is 11.2. The second-order valence-corrected chi connectivity index (χ2v) is 9.35. The number of esters is 2. The Kier molecular flexibility index (Phi) is 6.40. The summed E-state index contributed by atoms with van der Waals surface area (Å²) in [4.78, 5) is 38.6. The third-order valence-electron chi connectivity index (χ3n) is 5.85. The molecule has 33 heavy (non-hydrogen) atoms. The van der Waals surface area contributed by atoms with Crippen LogP contribution in [0.25, 0.3) is 11.1 Å². The van der Waals surface area contributed by atoms with Crippen molar-refractivity contribution in [2.45, 2.75) is 51.2 Å². The highest BCUT2D eigenvalue weighted by molar-refractivity contribution is 5.84. The summed E-state index contributed by atoms with van der Waals surface area (Å²) in [7, 11) is 0. The van der Waals surface area contributed by atoms with Crippen molar-refractivity contribution in [3.05, 3.63) is 59.7 Å². The van der Waals surface area contributed by atoms with E-state index in [-0.39, 0.29) is 12.5 Å². The number of hydrogen-bond donors (Lipinski definition) is 0. The van der Waals surface area contributed by atoms with Gasteiger partial charge in [0.15, 0.2) is 6.61 Å². The molecule has 1 atom stereocenters. The Morgan fingerprint density at radius 2 is 1.55 bits per heavy atom. The molecule has 0 saturated carbocycles. The first-order valence-electron chi connectivity index (χ1n) is 11.2. The van der Waals surface area contributed by atoms with Gasteiger partial charge in [0, 0.05) is 12.5 Å². The van der Waals surface area contributed by atoms with Gasteiger partial charge in [-0.1, -0.05) is 48.5 Å². The third kappa shape index (κ3) is 5.02. The number of carbonyl (C=O) groups excluding carboxylic acids is 3.